The van der Waals surface area contributed by atoms with Gasteiger partial charge in [0, 0.05) is 17.8 Å². The van der Waals surface area contributed by atoms with Crippen molar-refractivity contribution in [3.05, 3.63) is 42.5 Å². The number of nitrogens with zero attached hydrogens (tertiary/aromatic N) is 1. The minimum Gasteiger partial charge on any atom is -0.409 e. The summed E-state index contributed by atoms with van der Waals surface area (Å²) < 4.78 is 27.5. The van der Waals surface area contributed by atoms with Crippen LogP contribution in [0.1, 0.15) is 13.3 Å². The second kappa shape index (κ2) is 6.11. The molecule has 1 atom stereocenters. The third-order valence-electron chi connectivity index (χ3n) is 3.04. The Hall–Kier alpha value is -2.12. The molecule has 0 heterocycles. The van der Waals surface area contributed by atoms with Crippen LogP contribution in [0.25, 0.3) is 10.8 Å². The van der Waals surface area contributed by atoms with Crippen LogP contribution >= 0.6 is 0 Å². The van der Waals surface area contributed by atoms with Gasteiger partial charge in [-0.15, -0.1) is 0 Å². The van der Waals surface area contributed by atoms with Crippen LogP contribution < -0.4 is 10.5 Å². The lowest BCUT2D eigenvalue weighted by Crippen LogP contribution is -2.35. The van der Waals surface area contributed by atoms with Crippen LogP contribution in [0.4, 0.5) is 0 Å². The number of sulfonamides is 1. The molecule has 2 rings (SSSR count). The molecule has 0 aliphatic heterocycles. The molecule has 0 spiro atoms. The molecule has 1 unspecified atom stereocenters. The molecule has 0 saturated heterocycles. The van der Waals surface area contributed by atoms with E-state index >= 15 is 0 Å². The average molecular weight is 307 g/mol. The minimum atomic E-state index is -3.68. The summed E-state index contributed by atoms with van der Waals surface area (Å²) in [5.74, 6) is -0.0249. The van der Waals surface area contributed by atoms with Gasteiger partial charge in [-0.05, 0) is 18.4 Å². The lowest BCUT2D eigenvalue weighted by molar-refractivity contribution is 0.316. The van der Waals surface area contributed by atoms with E-state index in [-0.39, 0.29) is 17.2 Å². The molecule has 0 aliphatic rings. The Morgan fingerprint density at radius 3 is 2.67 bits per heavy atom. The minimum absolute atomic E-state index is 0.0249. The van der Waals surface area contributed by atoms with Gasteiger partial charge in [-0.3, -0.25) is 0 Å². The molecule has 6 nitrogen and oxygen atoms in total. The maximum absolute atomic E-state index is 12.5. The van der Waals surface area contributed by atoms with Crippen molar-refractivity contribution < 1.29 is 13.6 Å². The Labute approximate surface area is 123 Å². The van der Waals surface area contributed by atoms with Crippen molar-refractivity contribution in [3.8, 4) is 0 Å². The number of nitrogens with one attached hydrogen (secondary N) is 1. The van der Waals surface area contributed by atoms with E-state index in [1.807, 2.05) is 18.2 Å². The van der Waals surface area contributed by atoms with E-state index in [4.69, 9.17) is 10.9 Å². The van der Waals surface area contributed by atoms with Crippen molar-refractivity contribution in [2.45, 2.75) is 24.3 Å². The largest absolute Gasteiger partial charge is 0.409 e. The number of amidine groups is 1. The fraction of sp³-hybridized carbons (Fsp3) is 0.214. The summed E-state index contributed by atoms with van der Waals surface area (Å²) in [4.78, 5) is 0.215. The SMILES string of the molecule is CC(C/C(N)=N/O)NS(=O)(=O)c1cccc2ccccc12. The van der Waals surface area contributed by atoms with Crippen LogP contribution in [-0.4, -0.2) is 25.5 Å². The summed E-state index contributed by atoms with van der Waals surface area (Å²) in [6, 6.07) is 11.9. The van der Waals surface area contributed by atoms with Gasteiger partial charge >= 0.3 is 0 Å². The molecule has 4 N–H and O–H groups in total. The summed E-state index contributed by atoms with van der Waals surface area (Å²) >= 11 is 0. The summed E-state index contributed by atoms with van der Waals surface area (Å²) in [7, 11) is -3.68. The van der Waals surface area contributed by atoms with E-state index in [0.29, 0.717) is 5.39 Å². The number of nitrogens with two attached hydrogens (primary N) is 1. The molecular weight excluding hydrogens is 290 g/mol. The van der Waals surface area contributed by atoms with Crippen molar-refractivity contribution in [2.24, 2.45) is 10.9 Å². The van der Waals surface area contributed by atoms with Gasteiger partial charge in [0.2, 0.25) is 10.0 Å². The first-order valence-corrected chi connectivity index (χ1v) is 7.89. The predicted molar refractivity (Wildman–Crippen MR) is 81.8 cm³/mol. The Balaban J connectivity index is 2.34. The van der Waals surface area contributed by atoms with Gasteiger partial charge in [0.1, 0.15) is 5.84 Å². The second-order valence-corrected chi connectivity index (χ2v) is 6.48. The Kier molecular flexibility index (Phi) is 4.44. The number of hydrogen-bond donors (Lipinski definition) is 3. The predicted octanol–water partition coefficient (Wildman–Crippen LogP) is 1.64. The van der Waals surface area contributed by atoms with Gasteiger partial charge in [0.15, 0.2) is 0 Å². The quantitative estimate of drug-likeness (QED) is 0.338. The van der Waals surface area contributed by atoms with Crippen molar-refractivity contribution >= 4 is 26.6 Å². The Morgan fingerprint density at radius 1 is 1.29 bits per heavy atom. The normalized spacial score (nSPS) is 14.2. The molecular formula is C14H17N3O3S. The zero-order valence-corrected chi connectivity index (χ0v) is 12.3. The second-order valence-electron chi connectivity index (χ2n) is 4.80. The zero-order valence-electron chi connectivity index (χ0n) is 11.5. The van der Waals surface area contributed by atoms with E-state index in [1.54, 1.807) is 31.2 Å². The van der Waals surface area contributed by atoms with Crippen molar-refractivity contribution in [3.63, 3.8) is 0 Å². The number of fused-ring (bicyclic) bond motifs is 1. The number of rotatable bonds is 5. The molecule has 0 amide bonds. The lowest BCUT2D eigenvalue weighted by atomic mass is 10.1. The highest BCUT2D eigenvalue weighted by atomic mass is 32.2. The molecule has 112 valence electrons. The Morgan fingerprint density at radius 2 is 1.95 bits per heavy atom. The van der Waals surface area contributed by atoms with Crippen LogP contribution in [0.5, 0.6) is 0 Å². The molecule has 2 aromatic rings. The van der Waals surface area contributed by atoms with Gasteiger partial charge in [-0.2, -0.15) is 0 Å². The molecule has 2 aromatic carbocycles. The summed E-state index contributed by atoms with van der Waals surface area (Å²) in [5, 5.41) is 12.9. The first-order valence-electron chi connectivity index (χ1n) is 6.40. The summed E-state index contributed by atoms with van der Waals surface area (Å²) in [5.41, 5.74) is 5.39. The van der Waals surface area contributed by atoms with Crippen LogP contribution in [0, 0.1) is 0 Å². The molecule has 0 bridgehead atoms. The van der Waals surface area contributed by atoms with Gasteiger partial charge in [-0.25, -0.2) is 13.1 Å². The highest BCUT2D eigenvalue weighted by molar-refractivity contribution is 7.89. The maximum atomic E-state index is 12.5. The van der Waals surface area contributed by atoms with Crippen molar-refractivity contribution in [1.82, 2.24) is 4.72 Å². The van der Waals surface area contributed by atoms with Crippen LogP contribution in [0.2, 0.25) is 0 Å². The topological polar surface area (TPSA) is 105 Å². The molecule has 0 aliphatic carbocycles. The molecule has 0 aromatic heterocycles. The third kappa shape index (κ3) is 3.50. The summed E-state index contributed by atoms with van der Waals surface area (Å²) in [6.45, 7) is 1.65. The first-order chi connectivity index (χ1) is 9.94. The van der Waals surface area contributed by atoms with Crippen LogP contribution in [0.15, 0.2) is 52.5 Å². The van der Waals surface area contributed by atoms with Gasteiger partial charge < -0.3 is 10.9 Å². The van der Waals surface area contributed by atoms with Gasteiger partial charge in [-0.1, -0.05) is 41.6 Å². The van der Waals surface area contributed by atoms with E-state index in [2.05, 4.69) is 9.88 Å². The van der Waals surface area contributed by atoms with Crippen molar-refractivity contribution in [2.75, 3.05) is 0 Å². The average Bonchev–Trinajstić information content (AvgIpc) is 2.45. The van der Waals surface area contributed by atoms with E-state index in [1.165, 1.54) is 0 Å². The highest BCUT2D eigenvalue weighted by Gasteiger charge is 2.20. The fourth-order valence-corrected chi connectivity index (χ4v) is 3.63. The van der Waals surface area contributed by atoms with E-state index < -0.39 is 16.1 Å². The molecule has 0 saturated carbocycles. The molecule has 7 heteroatoms. The Bertz CT molecular complexity index is 767. The molecule has 21 heavy (non-hydrogen) atoms. The molecule has 0 radical (unpaired) electrons. The van der Waals surface area contributed by atoms with Crippen molar-refractivity contribution in [1.29, 1.82) is 0 Å². The number of hydrogen-bond acceptors (Lipinski definition) is 4. The van der Waals surface area contributed by atoms with Crippen LogP contribution in [0.3, 0.4) is 0 Å². The van der Waals surface area contributed by atoms with Gasteiger partial charge in [0.05, 0.1) is 4.90 Å². The first kappa shape index (κ1) is 15.3. The lowest BCUT2D eigenvalue weighted by Gasteiger charge is -2.14. The summed E-state index contributed by atoms with van der Waals surface area (Å²) in [6.07, 6.45) is 0.125. The van der Waals surface area contributed by atoms with E-state index in [9.17, 15) is 8.42 Å². The number of oxime groups is 1. The fourth-order valence-electron chi connectivity index (χ4n) is 2.15. The zero-order chi connectivity index (χ0) is 15.5. The monoisotopic (exact) mass is 307 g/mol. The van der Waals surface area contributed by atoms with Crippen LogP contribution in [-0.2, 0) is 10.0 Å². The molecule has 0 fully saturated rings. The maximum Gasteiger partial charge on any atom is 0.241 e. The smallest absolute Gasteiger partial charge is 0.241 e. The highest BCUT2D eigenvalue weighted by Crippen LogP contribution is 2.22. The van der Waals surface area contributed by atoms with E-state index in [0.717, 1.165) is 5.39 Å². The third-order valence-corrected chi connectivity index (χ3v) is 4.69. The number of benzene rings is 2. The standard InChI is InChI=1S/C14H17N3O3S/c1-10(9-14(15)16-18)17-21(19,20)13-8-4-6-11-5-2-3-7-12(11)13/h2-8,10,17-18H,9H2,1H3,(H2,15,16). The van der Waals surface area contributed by atoms with Gasteiger partial charge in [0.25, 0.3) is 0 Å².